The van der Waals surface area contributed by atoms with Gasteiger partial charge in [-0.1, -0.05) is 19.1 Å². The number of hydrogen-bond donors (Lipinski definition) is 3. The summed E-state index contributed by atoms with van der Waals surface area (Å²) in [5.74, 6) is -1.40. The van der Waals surface area contributed by atoms with Crippen LogP contribution in [0, 0.1) is 17.6 Å². The standard InChI is InChI=1S/C22H25F2N5O2/c1-14(13-30)10-26-22(31)18-9-19(24)20(16-11-27-29(2)12-16)28-21(18)25-7-6-15-4-3-5-17(23)8-15/h3-5,8-9,11-12,14,30H,6-7,10,13H2,1-2H3,(H,25,28)(H,26,31)/t14-/m0/s1. The summed E-state index contributed by atoms with van der Waals surface area (Å²) in [7, 11) is 1.71. The summed E-state index contributed by atoms with van der Waals surface area (Å²) in [4.78, 5) is 17.0. The first-order chi connectivity index (χ1) is 14.9. The molecule has 3 aromatic rings. The molecule has 0 saturated carbocycles. The summed E-state index contributed by atoms with van der Waals surface area (Å²) < 4.78 is 29.7. The van der Waals surface area contributed by atoms with Crippen LogP contribution in [0.2, 0.25) is 0 Å². The normalized spacial score (nSPS) is 11.9. The predicted molar refractivity (Wildman–Crippen MR) is 114 cm³/mol. The second kappa shape index (κ2) is 10.1. The quantitative estimate of drug-likeness (QED) is 0.487. The highest BCUT2D eigenvalue weighted by molar-refractivity contribution is 5.99. The van der Waals surface area contributed by atoms with Gasteiger partial charge in [-0.2, -0.15) is 5.10 Å². The summed E-state index contributed by atoms with van der Waals surface area (Å²) in [6, 6.07) is 7.37. The monoisotopic (exact) mass is 429 g/mol. The Labute approximate surface area is 179 Å². The number of aryl methyl sites for hydroxylation is 1. The Kier molecular flexibility index (Phi) is 7.30. The van der Waals surface area contributed by atoms with Crippen LogP contribution in [0.25, 0.3) is 11.3 Å². The van der Waals surface area contributed by atoms with Crippen molar-refractivity contribution >= 4 is 11.7 Å². The van der Waals surface area contributed by atoms with Crippen LogP contribution < -0.4 is 10.6 Å². The number of nitrogens with zero attached hydrogens (tertiary/aromatic N) is 3. The Hall–Kier alpha value is -3.33. The third kappa shape index (κ3) is 5.85. The van der Waals surface area contributed by atoms with E-state index in [0.717, 1.165) is 11.6 Å². The lowest BCUT2D eigenvalue weighted by molar-refractivity contribution is 0.0942. The third-order valence-electron chi connectivity index (χ3n) is 4.72. The van der Waals surface area contributed by atoms with Crippen molar-refractivity contribution in [1.29, 1.82) is 0 Å². The van der Waals surface area contributed by atoms with Crippen LogP contribution in [0.1, 0.15) is 22.8 Å². The highest BCUT2D eigenvalue weighted by atomic mass is 19.1. The number of benzene rings is 1. The number of halogens is 2. The number of hydrogen-bond acceptors (Lipinski definition) is 5. The fraction of sp³-hybridized carbons (Fsp3) is 0.318. The lowest BCUT2D eigenvalue weighted by atomic mass is 10.1. The van der Waals surface area contributed by atoms with Gasteiger partial charge in [0.1, 0.15) is 17.3 Å². The van der Waals surface area contributed by atoms with E-state index in [1.807, 2.05) is 0 Å². The maximum atomic E-state index is 14.8. The number of rotatable bonds is 9. The van der Waals surface area contributed by atoms with E-state index in [2.05, 4.69) is 20.7 Å². The van der Waals surface area contributed by atoms with Crippen molar-refractivity contribution in [3.05, 3.63) is 65.5 Å². The van der Waals surface area contributed by atoms with Crippen LogP contribution in [0.4, 0.5) is 14.6 Å². The molecule has 1 amide bonds. The molecule has 31 heavy (non-hydrogen) atoms. The average Bonchev–Trinajstić information content (AvgIpc) is 3.18. The topological polar surface area (TPSA) is 92.1 Å². The van der Waals surface area contributed by atoms with Crippen molar-refractivity contribution in [2.45, 2.75) is 13.3 Å². The van der Waals surface area contributed by atoms with Crippen LogP contribution in [0.3, 0.4) is 0 Å². The number of aliphatic hydroxyl groups excluding tert-OH is 1. The highest BCUT2D eigenvalue weighted by Crippen LogP contribution is 2.25. The van der Waals surface area contributed by atoms with E-state index in [1.54, 1.807) is 32.3 Å². The van der Waals surface area contributed by atoms with Gasteiger partial charge in [0.05, 0.1) is 11.8 Å². The van der Waals surface area contributed by atoms with E-state index < -0.39 is 11.7 Å². The van der Waals surface area contributed by atoms with E-state index in [-0.39, 0.29) is 42.0 Å². The number of carbonyl (C=O) groups is 1. The van der Waals surface area contributed by atoms with Crippen molar-refractivity contribution in [2.75, 3.05) is 25.0 Å². The molecule has 3 rings (SSSR count). The third-order valence-corrected chi connectivity index (χ3v) is 4.72. The zero-order valence-electron chi connectivity index (χ0n) is 17.4. The molecule has 1 atom stereocenters. The summed E-state index contributed by atoms with van der Waals surface area (Å²) >= 11 is 0. The molecule has 3 N–H and O–H groups in total. The van der Waals surface area contributed by atoms with Crippen LogP contribution >= 0.6 is 0 Å². The maximum absolute atomic E-state index is 14.8. The number of pyridine rings is 1. The molecule has 164 valence electrons. The molecule has 0 aliphatic carbocycles. The fourth-order valence-electron chi connectivity index (χ4n) is 2.99. The second-order valence-corrected chi connectivity index (χ2v) is 7.42. The summed E-state index contributed by atoms with van der Waals surface area (Å²) in [6.07, 6.45) is 3.61. The Morgan fingerprint density at radius 2 is 2.10 bits per heavy atom. The van der Waals surface area contributed by atoms with Crippen molar-refractivity contribution in [3.8, 4) is 11.3 Å². The summed E-state index contributed by atoms with van der Waals surface area (Å²) in [6.45, 7) is 2.31. The van der Waals surface area contributed by atoms with E-state index in [0.29, 0.717) is 18.5 Å². The van der Waals surface area contributed by atoms with E-state index >= 15 is 0 Å². The zero-order valence-corrected chi connectivity index (χ0v) is 17.4. The SMILES string of the molecule is C[C@H](CO)CNC(=O)c1cc(F)c(-c2cnn(C)c2)nc1NCCc1cccc(F)c1. The van der Waals surface area contributed by atoms with Gasteiger partial charge in [-0.3, -0.25) is 9.48 Å². The van der Waals surface area contributed by atoms with Crippen LogP contribution in [-0.4, -0.2) is 45.5 Å². The average molecular weight is 429 g/mol. The molecule has 2 heterocycles. The zero-order chi connectivity index (χ0) is 22.4. The first kappa shape index (κ1) is 22.4. The van der Waals surface area contributed by atoms with E-state index in [4.69, 9.17) is 5.11 Å². The number of amides is 1. The number of anilines is 1. The Morgan fingerprint density at radius 1 is 1.29 bits per heavy atom. The number of aliphatic hydroxyl groups is 1. The van der Waals surface area contributed by atoms with Crippen molar-refractivity contribution in [2.24, 2.45) is 13.0 Å². The molecule has 0 aliphatic heterocycles. The summed E-state index contributed by atoms with van der Waals surface area (Å²) in [5.41, 5.74) is 1.38. The van der Waals surface area contributed by atoms with Crippen molar-refractivity contribution in [1.82, 2.24) is 20.1 Å². The first-order valence-electron chi connectivity index (χ1n) is 9.94. The maximum Gasteiger partial charge on any atom is 0.255 e. The van der Waals surface area contributed by atoms with Gasteiger partial charge in [0.25, 0.3) is 5.91 Å². The first-order valence-corrected chi connectivity index (χ1v) is 9.94. The molecule has 0 saturated heterocycles. The molecule has 0 bridgehead atoms. The minimum absolute atomic E-state index is 0.0505. The molecule has 1 aromatic carbocycles. The smallest absolute Gasteiger partial charge is 0.255 e. The molecular formula is C22H25F2N5O2. The predicted octanol–water partition coefficient (Wildman–Crippen LogP) is 2.77. The van der Waals surface area contributed by atoms with Gasteiger partial charge in [0.15, 0.2) is 5.82 Å². The van der Waals surface area contributed by atoms with Gasteiger partial charge in [0.2, 0.25) is 0 Å². The Bertz CT molecular complexity index is 1050. The minimum atomic E-state index is -0.649. The van der Waals surface area contributed by atoms with Crippen molar-refractivity contribution in [3.63, 3.8) is 0 Å². The highest BCUT2D eigenvalue weighted by Gasteiger charge is 2.19. The van der Waals surface area contributed by atoms with Crippen molar-refractivity contribution < 1.29 is 18.7 Å². The fourth-order valence-corrected chi connectivity index (χ4v) is 2.99. The molecule has 0 spiro atoms. The molecule has 0 fully saturated rings. The molecule has 7 nitrogen and oxygen atoms in total. The van der Waals surface area contributed by atoms with E-state index in [1.165, 1.54) is 23.0 Å². The van der Waals surface area contributed by atoms with Crippen LogP contribution in [0.15, 0.2) is 42.7 Å². The lowest BCUT2D eigenvalue weighted by Crippen LogP contribution is -2.30. The Morgan fingerprint density at radius 3 is 2.77 bits per heavy atom. The lowest BCUT2D eigenvalue weighted by Gasteiger charge is -2.15. The van der Waals surface area contributed by atoms with Crippen LogP contribution in [-0.2, 0) is 13.5 Å². The van der Waals surface area contributed by atoms with Gasteiger partial charge < -0.3 is 15.7 Å². The molecule has 0 radical (unpaired) electrons. The largest absolute Gasteiger partial charge is 0.396 e. The molecular weight excluding hydrogens is 404 g/mol. The van der Waals surface area contributed by atoms with Crippen LogP contribution in [0.5, 0.6) is 0 Å². The molecule has 2 aromatic heterocycles. The van der Waals surface area contributed by atoms with Gasteiger partial charge in [-0.15, -0.1) is 0 Å². The number of aromatic nitrogens is 3. The minimum Gasteiger partial charge on any atom is -0.396 e. The van der Waals surface area contributed by atoms with Gasteiger partial charge in [-0.05, 0) is 36.1 Å². The van der Waals surface area contributed by atoms with Gasteiger partial charge >= 0.3 is 0 Å². The number of nitrogens with one attached hydrogen (secondary N) is 2. The van der Waals surface area contributed by atoms with E-state index in [9.17, 15) is 13.6 Å². The summed E-state index contributed by atoms with van der Waals surface area (Å²) in [5, 5.41) is 19.0. The van der Waals surface area contributed by atoms with Gasteiger partial charge in [0, 0.05) is 38.5 Å². The Balaban J connectivity index is 1.85. The molecule has 0 unspecified atom stereocenters. The molecule has 9 heteroatoms. The number of carbonyl (C=O) groups excluding carboxylic acids is 1. The molecule has 0 aliphatic rings. The second-order valence-electron chi connectivity index (χ2n) is 7.42. The van der Waals surface area contributed by atoms with Gasteiger partial charge in [-0.25, -0.2) is 13.8 Å².